The molecule has 1 amide bonds. The second-order valence-corrected chi connectivity index (χ2v) is 9.14. The lowest BCUT2D eigenvalue weighted by molar-refractivity contribution is -0.148. The summed E-state index contributed by atoms with van der Waals surface area (Å²) < 4.78 is 39.0. The van der Waals surface area contributed by atoms with E-state index in [1.165, 1.54) is 28.8 Å². The van der Waals surface area contributed by atoms with Gasteiger partial charge in [0.1, 0.15) is 5.56 Å². The number of carbonyl (C=O) groups excluding carboxylic acids is 2. The highest BCUT2D eigenvalue weighted by Crippen LogP contribution is 2.26. The molecule has 6 nitrogen and oxygen atoms in total. The zero-order valence-corrected chi connectivity index (χ0v) is 19.9. The van der Waals surface area contributed by atoms with Gasteiger partial charge in [-0.2, -0.15) is 13.2 Å². The second-order valence-electron chi connectivity index (χ2n) is 9.14. The highest BCUT2D eigenvalue weighted by atomic mass is 19.4. The first kappa shape index (κ1) is 26.7. The number of ketones is 1. The molecule has 35 heavy (non-hydrogen) atoms. The number of alkyl halides is 3. The predicted octanol–water partition coefficient (Wildman–Crippen LogP) is 4.27. The number of aromatic nitrogens is 1. The molecular formula is C26H32F3N3O3. The number of unbranched alkanes of at least 4 members (excludes halogenated alkanes) is 1. The van der Waals surface area contributed by atoms with E-state index in [2.05, 4.69) is 5.32 Å². The Kier molecular flexibility index (Phi) is 9.26. The van der Waals surface area contributed by atoms with E-state index in [-0.39, 0.29) is 24.3 Å². The minimum absolute atomic E-state index is 0.0695. The first-order chi connectivity index (χ1) is 16.7. The quantitative estimate of drug-likeness (QED) is 0.398. The van der Waals surface area contributed by atoms with Gasteiger partial charge in [0.15, 0.2) is 5.78 Å². The fourth-order valence-electron chi connectivity index (χ4n) is 4.53. The van der Waals surface area contributed by atoms with Gasteiger partial charge in [0.05, 0.1) is 13.1 Å². The van der Waals surface area contributed by atoms with Crippen LogP contribution in [-0.4, -0.2) is 54.0 Å². The van der Waals surface area contributed by atoms with Crippen LogP contribution in [0.15, 0.2) is 47.4 Å². The summed E-state index contributed by atoms with van der Waals surface area (Å²) in [5, 5.41) is 2.45. The van der Waals surface area contributed by atoms with Crippen LogP contribution in [0.3, 0.4) is 0 Å². The van der Waals surface area contributed by atoms with Crippen molar-refractivity contribution in [2.24, 2.45) is 5.92 Å². The predicted molar refractivity (Wildman–Crippen MR) is 128 cm³/mol. The van der Waals surface area contributed by atoms with Crippen molar-refractivity contribution in [2.75, 3.05) is 26.7 Å². The molecule has 1 aromatic carbocycles. The number of amides is 1. The lowest BCUT2D eigenvalue weighted by Gasteiger charge is -2.32. The van der Waals surface area contributed by atoms with Gasteiger partial charge in [-0.1, -0.05) is 43.2 Å². The van der Waals surface area contributed by atoms with E-state index in [0.29, 0.717) is 31.0 Å². The Morgan fingerprint density at radius 2 is 1.77 bits per heavy atom. The van der Waals surface area contributed by atoms with Crippen molar-refractivity contribution >= 4 is 11.7 Å². The summed E-state index contributed by atoms with van der Waals surface area (Å²) in [5.74, 6) is -0.303. The van der Waals surface area contributed by atoms with E-state index in [1.807, 2.05) is 30.3 Å². The monoisotopic (exact) mass is 491 g/mol. The summed E-state index contributed by atoms with van der Waals surface area (Å²) in [6, 6.07) is 10.7. The number of nitrogens with one attached hydrogen (secondary N) is 1. The van der Waals surface area contributed by atoms with E-state index >= 15 is 0 Å². The van der Waals surface area contributed by atoms with Crippen molar-refractivity contribution in [3.05, 3.63) is 69.6 Å². The van der Waals surface area contributed by atoms with Gasteiger partial charge in [-0.3, -0.25) is 19.3 Å². The van der Waals surface area contributed by atoms with E-state index in [1.54, 1.807) is 0 Å². The summed E-state index contributed by atoms with van der Waals surface area (Å²) in [4.78, 5) is 39.4. The molecule has 1 saturated heterocycles. The van der Waals surface area contributed by atoms with E-state index < -0.39 is 24.2 Å². The Bertz CT molecular complexity index is 1060. The van der Waals surface area contributed by atoms with Gasteiger partial charge in [0, 0.05) is 25.2 Å². The Balaban J connectivity index is 1.56. The molecule has 1 aliphatic rings. The van der Waals surface area contributed by atoms with Crippen LogP contribution in [0.25, 0.3) is 0 Å². The van der Waals surface area contributed by atoms with Gasteiger partial charge in [0.25, 0.3) is 11.5 Å². The number of hydrogen-bond acceptors (Lipinski definition) is 4. The molecular weight excluding hydrogens is 459 g/mol. The van der Waals surface area contributed by atoms with Gasteiger partial charge < -0.3 is 9.88 Å². The standard InChI is InChI=1S/C26H32F3N3O3/c1-30-24(34)22-15-21(17-32(25(22)35)16-20-8-3-2-4-9-20)23(33)10-6-5-7-19-11-13-31(14-12-19)18-26(27,28)29/h2-4,8-9,15,17,19H,5-7,10-14,16,18H2,1H3,(H,30,34). The van der Waals surface area contributed by atoms with E-state index in [9.17, 15) is 27.6 Å². The SMILES string of the molecule is CNC(=O)c1cc(C(=O)CCCCC2CCN(CC(F)(F)F)CC2)cn(Cc2ccccc2)c1=O. The first-order valence-electron chi connectivity index (χ1n) is 12.0. The third kappa shape index (κ3) is 8.06. The zero-order chi connectivity index (χ0) is 25.4. The van der Waals surface area contributed by atoms with Gasteiger partial charge in [-0.15, -0.1) is 0 Å². The topological polar surface area (TPSA) is 71.4 Å². The summed E-state index contributed by atoms with van der Waals surface area (Å²) >= 11 is 0. The molecule has 0 bridgehead atoms. The smallest absolute Gasteiger partial charge is 0.355 e. The van der Waals surface area contributed by atoms with Crippen LogP contribution in [0.4, 0.5) is 13.2 Å². The molecule has 3 rings (SSSR count). The van der Waals surface area contributed by atoms with Crippen molar-refractivity contribution in [1.29, 1.82) is 0 Å². The number of Topliss-reactive ketones (excluding diaryl/α,β-unsaturated/α-hetero) is 1. The molecule has 1 fully saturated rings. The zero-order valence-electron chi connectivity index (χ0n) is 19.9. The Morgan fingerprint density at radius 1 is 1.09 bits per heavy atom. The van der Waals surface area contributed by atoms with Crippen LogP contribution in [-0.2, 0) is 6.54 Å². The molecule has 0 aliphatic carbocycles. The highest BCUT2D eigenvalue weighted by molar-refractivity contribution is 6.00. The van der Waals surface area contributed by atoms with Gasteiger partial charge in [-0.25, -0.2) is 0 Å². The number of hydrogen-bond donors (Lipinski definition) is 1. The molecule has 9 heteroatoms. The minimum atomic E-state index is -4.16. The number of pyridine rings is 1. The van der Waals surface area contributed by atoms with Crippen LogP contribution in [0.1, 0.15) is 64.8 Å². The first-order valence-corrected chi connectivity index (χ1v) is 12.0. The second kappa shape index (κ2) is 12.2. The Labute approximate surface area is 203 Å². The summed E-state index contributed by atoms with van der Waals surface area (Å²) in [6.07, 6.45) is 1.45. The molecule has 1 N–H and O–H groups in total. The van der Waals surface area contributed by atoms with Gasteiger partial charge in [-0.05, 0) is 49.9 Å². The maximum Gasteiger partial charge on any atom is 0.401 e. The average Bonchev–Trinajstić information content (AvgIpc) is 2.83. The molecule has 0 unspecified atom stereocenters. The molecule has 1 aliphatic heterocycles. The van der Waals surface area contributed by atoms with Crippen molar-refractivity contribution in [3.8, 4) is 0 Å². The summed E-state index contributed by atoms with van der Waals surface area (Å²) in [6.45, 7) is 0.305. The molecule has 190 valence electrons. The third-order valence-electron chi connectivity index (χ3n) is 6.45. The van der Waals surface area contributed by atoms with Gasteiger partial charge in [0.2, 0.25) is 0 Å². The van der Waals surface area contributed by atoms with Crippen LogP contribution in [0, 0.1) is 5.92 Å². The molecule has 0 atom stereocenters. The number of carbonyl (C=O) groups is 2. The number of piperidine rings is 1. The largest absolute Gasteiger partial charge is 0.401 e. The highest BCUT2D eigenvalue weighted by Gasteiger charge is 2.32. The summed E-state index contributed by atoms with van der Waals surface area (Å²) in [7, 11) is 1.44. The average molecular weight is 492 g/mol. The molecule has 2 heterocycles. The lowest BCUT2D eigenvalue weighted by atomic mass is 9.91. The number of benzene rings is 1. The van der Waals surface area contributed by atoms with Crippen LogP contribution >= 0.6 is 0 Å². The number of likely N-dealkylation sites (tertiary alicyclic amines) is 1. The van der Waals surface area contributed by atoms with Crippen molar-refractivity contribution in [2.45, 2.75) is 51.2 Å². The lowest BCUT2D eigenvalue weighted by Crippen LogP contribution is -2.40. The van der Waals surface area contributed by atoms with Crippen molar-refractivity contribution in [3.63, 3.8) is 0 Å². The summed E-state index contributed by atoms with van der Waals surface area (Å²) in [5.41, 5.74) is 0.671. The van der Waals surface area contributed by atoms with Crippen LogP contribution < -0.4 is 10.9 Å². The van der Waals surface area contributed by atoms with Crippen molar-refractivity contribution in [1.82, 2.24) is 14.8 Å². The normalized spacial score (nSPS) is 15.2. The number of rotatable bonds is 10. The Hall–Kier alpha value is -2.94. The molecule has 0 spiro atoms. The van der Waals surface area contributed by atoms with Crippen LogP contribution in [0.5, 0.6) is 0 Å². The van der Waals surface area contributed by atoms with E-state index in [0.717, 1.165) is 31.2 Å². The third-order valence-corrected chi connectivity index (χ3v) is 6.45. The Morgan fingerprint density at radius 3 is 2.40 bits per heavy atom. The van der Waals surface area contributed by atoms with E-state index in [4.69, 9.17) is 0 Å². The maximum atomic E-state index is 12.9. The fourth-order valence-corrected chi connectivity index (χ4v) is 4.53. The molecule has 1 aromatic heterocycles. The van der Waals surface area contributed by atoms with Gasteiger partial charge >= 0.3 is 6.18 Å². The molecule has 0 radical (unpaired) electrons. The maximum absolute atomic E-state index is 12.9. The number of halogens is 3. The fraction of sp³-hybridized carbons (Fsp3) is 0.500. The molecule has 2 aromatic rings. The minimum Gasteiger partial charge on any atom is -0.355 e. The molecule has 0 saturated carbocycles. The van der Waals surface area contributed by atoms with Crippen molar-refractivity contribution < 1.29 is 22.8 Å². The van der Waals surface area contributed by atoms with Crippen LogP contribution in [0.2, 0.25) is 0 Å². The number of nitrogens with zero attached hydrogens (tertiary/aromatic N) is 2.